The third kappa shape index (κ3) is 3.41. The number of hydrogen-bond acceptors (Lipinski definition) is 5. The van der Waals surface area contributed by atoms with E-state index in [-0.39, 0.29) is 30.6 Å². The molecule has 0 fully saturated rings. The van der Waals surface area contributed by atoms with E-state index in [2.05, 4.69) is 10.4 Å². The van der Waals surface area contributed by atoms with Crippen molar-refractivity contribution in [2.24, 2.45) is 5.10 Å². The van der Waals surface area contributed by atoms with Gasteiger partial charge in [-0.25, -0.2) is 0 Å². The van der Waals surface area contributed by atoms with E-state index in [4.69, 9.17) is 10.00 Å². The third-order valence-corrected chi connectivity index (χ3v) is 3.07. The maximum atomic E-state index is 12.2. The molecule has 1 heterocycles. The first kappa shape index (κ1) is 15.5. The van der Waals surface area contributed by atoms with Crippen molar-refractivity contribution in [1.82, 2.24) is 5.01 Å². The zero-order valence-corrected chi connectivity index (χ0v) is 12.4. The van der Waals surface area contributed by atoms with E-state index in [0.29, 0.717) is 5.69 Å². The molecule has 0 unspecified atom stereocenters. The number of amides is 2. The van der Waals surface area contributed by atoms with Crippen LogP contribution < -0.4 is 5.32 Å². The zero-order valence-electron chi connectivity index (χ0n) is 12.4. The van der Waals surface area contributed by atoms with Crippen LogP contribution in [0, 0.1) is 11.3 Å². The van der Waals surface area contributed by atoms with Crippen molar-refractivity contribution in [3.05, 3.63) is 30.3 Å². The van der Waals surface area contributed by atoms with Crippen molar-refractivity contribution in [2.75, 3.05) is 5.32 Å². The number of benzene rings is 1. The van der Waals surface area contributed by atoms with Gasteiger partial charge in [0.05, 0.1) is 12.5 Å². The van der Waals surface area contributed by atoms with Crippen LogP contribution in [0.2, 0.25) is 0 Å². The second kappa shape index (κ2) is 6.26. The van der Waals surface area contributed by atoms with Crippen LogP contribution in [-0.4, -0.2) is 28.4 Å². The lowest BCUT2D eigenvalue weighted by Gasteiger charge is -2.29. The Bertz CT molecular complexity index is 651. The maximum absolute atomic E-state index is 12.2. The van der Waals surface area contributed by atoms with Gasteiger partial charge in [0.15, 0.2) is 0 Å². The number of hydrogen-bond donors (Lipinski definition) is 1. The number of carbonyl (C=O) groups excluding carboxylic acids is 2. The summed E-state index contributed by atoms with van der Waals surface area (Å²) in [7, 11) is 0. The van der Waals surface area contributed by atoms with E-state index in [1.54, 1.807) is 31.2 Å². The molecule has 0 radical (unpaired) electrons. The fourth-order valence-electron chi connectivity index (χ4n) is 2.21. The normalized spacial score (nSPS) is 19.9. The summed E-state index contributed by atoms with van der Waals surface area (Å²) in [4.78, 5) is 23.8. The van der Waals surface area contributed by atoms with Crippen molar-refractivity contribution in [1.29, 1.82) is 5.26 Å². The van der Waals surface area contributed by atoms with E-state index in [0.717, 1.165) is 5.01 Å². The van der Waals surface area contributed by atoms with Crippen molar-refractivity contribution in [2.45, 2.75) is 32.4 Å². The highest BCUT2D eigenvalue weighted by Crippen LogP contribution is 2.29. The number of nitrogens with one attached hydrogen (secondary N) is 1. The van der Waals surface area contributed by atoms with Gasteiger partial charge in [-0.05, 0) is 19.1 Å². The summed E-state index contributed by atoms with van der Waals surface area (Å²) in [5.74, 6) is -0.538. The van der Waals surface area contributed by atoms with Gasteiger partial charge in [-0.3, -0.25) is 9.59 Å². The van der Waals surface area contributed by atoms with Crippen LogP contribution in [0.15, 0.2) is 35.4 Å². The molecule has 0 aromatic heterocycles. The van der Waals surface area contributed by atoms with Crippen LogP contribution in [0.1, 0.15) is 26.7 Å². The molecule has 1 atom stereocenters. The van der Waals surface area contributed by atoms with E-state index in [1.165, 1.54) is 6.92 Å². The van der Waals surface area contributed by atoms with Gasteiger partial charge in [0, 0.05) is 12.6 Å². The van der Waals surface area contributed by atoms with Crippen LogP contribution >= 0.6 is 0 Å². The van der Waals surface area contributed by atoms with E-state index < -0.39 is 5.72 Å². The van der Waals surface area contributed by atoms with Gasteiger partial charge in [0.25, 0.3) is 0 Å². The number of hydrazone groups is 1. The monoisotopic (exact) mass is 300 g/mol. The molecule has 0 aliphatic carbocycles. The molecule has 1 aliphatic heterocycles. The van der Waals surface area contributed by atoms with E-state index >= 15 is 0 Å². The predicted molar refractivity (Wildman–Crippen MR) is 79.4 cm³/mol. The number of nitriles is 1. The minimum Gasteiger partial charge on any atom is -0.450 e. The molecule has 2 amide bonds. The van der Waals surface area contributed by atoms with Gasteiger partial charge in [-0.15, -0.1) is 5.10 Å². The quantitative estimate of drug-likeness (QED) is 0.917. The highest BCUT2D eigenvalue weighted by Gasteiger charge is 2.44. The predicted octanol–water partition coefficient (Wildman–Crippen LogP) is 1.84. The van der Waals surface area contributed by atoms with Crippen molar-refractivity contribution >= 4 is 23.4 Å². The lowest BCUT2D eigenvalue weighted by molar-refractivity contribution is -0.147. The van der Waals surface area contributed by atoms with Gasteiger partial charge in [0.2, 0.25) is 23.4 Å². The van der Waals surface area contributed by atoms with Crippen molar-refractivity contribution < 1.29 is 14.3 Å². The first-order valence-corrected chi connectivity index (χ1v) is 6.74. The molecule has 0 bridgehead atoms. The Balaban J connectivity index is 2.08. The molecule has 7 heteroatoms. The molecule has 1 aromatic carbocycles. The van der Waals surface area contributed by atoms with Crippen LogP contribution in [0.3, 0.4) is 0 Å². The van der Waals surface area contributed by atoms with Crippen LogP contribution in [0.25, 0.3) is 0 Å². The van der Waals surface area contributed by atoms with Gasteiger partial charge in [-0.1, -0.05) is 18.2 Å². The number of ether oxygens (including phenoxy) is 1. The number of nitrogens with zero attached hydrogens (tertiary/aromatic N) is 3. The van der Waals surface area contributed by atoms with E-state index in [1.807, 2.05) is 12.1 Å². The molecule has 1 aromatic rings. The van der Waals surface area contributed by atoms with Gasteiger partial charge in [0.1, 0.15) is 6.42 Å². The lowest BCUT2D eigenvalue weighted by Crippen LogP contribution is -2.46. The van der Waals surface area contributed by atoms with E-state index in [9.17, 15) is 9.59 Å². The molecule has 22 heavy (non-hydrogen) atoms. The first-order chi connectivity index (χ1) is 10.4. The maximum Gasteiger partial charge on any atom is 0.243 e. The summed E-state index contributed by atoms with van der Waals surface area (Å²) in [6.45, 7) is 2.92. The average molecular weight is 300 g/mol. The topological polar surface area (TPSA) is 94.8 Å². The molecule has 0 saturated heterocycles. The Morgan fingerprint density at radius 3 is 2.68 bits per heavy atom. The Morgan fingerprint density at radius 2 is 2.09 bits per heavy atom. The number of anilines is 1. The zero-order chi connectivity index (χ0) is 16.2. The second-order valence-electron chi connectivity index (χ2n) is 5.03. The molecule has 0 saturated carbocycles. The molecule has 0 spiro atoms. The summed E-state index contributed by atoms with van der Waals surface area (Å²) >= 11 is 0. The molecular formula is C15H16N4O3. The largest absolute Gasteiger partial charge is 0.450 e. The van der Waals surface area contributed by atoms with Crippen molar-refractivity contribution in [3.8, 4) is 6.07 Å². The van der Waals surface area contributed by atoms with Crippen LogP contribution in [-0.2, 0) is 14.3 Å². The van der Waals surface area contributed by atoms with Crippen molar-refractivity contribution in [3.63, 3.8) is 0 Å². The Labute approximate surface area is 128 Å². The highest BCUT2D eigenvalue weighted by atomic mass is 16.6. The third-order valence-electron chi connectivity index (χ3n) is 3.07. The summed E-state index contributed by atoms with van der Waals surface area (Å²) in [5, 5.41) is 16.5. The summed E-state index contributed by atoms with van der Waals surface area (Å²) in [5.41, 5.74) is -0.571. The van der Waals surface area contributed by atoms with Gasteiger partial charge >= 0.3 is 0 Å². The minimum absolute atomic E-state index is 0.0559. The Morgan fingerprint density at radius 1 is 1.41 bits per heavy atom. The first-order valence-electron chi connectivity index (χ1n) is 6.74. The standard InChI is InChI=1S/C15H16N4O3/c1-11(20)19-15(2,22-14(18-19)8-9-16)10-13(21)17-12-6-4-3-5-7-12/h3-7H,8,10H2,1-2H3,(H,17,21)/t15-/m1/s1. The molecule has 114 valence electrons. The number of carbonyl (C=O) groups is 2. The highest BCUT2D eigenvalue weighted by molar-refractivity contribution is 5.93. The molecule has 7 nitrogen and oxygen atoms in total. The van der Waals surface area contributed by atoms with Crippen LogP contribution in [0.5, 0.6) is 0 Å². The summed E-state index contributed by atoms with van der Waals surface area (Å²) in [6.07, 6.45) is -0.153. The lowest BCUT2D eigenvalue weighted by atomic mass is 10.1. The number of para-hydroxylation sites is 1. The molecule has 1 N–H and O–H groups in total. The van der Waals surface area contributed by atoms with Gasteiger partial charge < -0.3 is 10.1 Å². The second-order valence-corrected chi connectivity index (χ2v) is 5.03. The average Bonchev–Trinajstić information content (AvgIpc) is 2.76. The Hall–Kier alpha value is -2.88. The summed E-state index contributed by atoms with van der Waals surface area (Å²) < 4.78 is 5.54. The molecule has 2 rings (SSSR count). The van der Waals surface area contributed by atoms with Crippen LogP contribution in [0.4, 0.5) is 5.69 Å². The van der Waals surface area contributed by atoms with Gasteiger partial charge in [-0.2, -0.15) is 10.3 Å². The molecule has 1 aliphatic rings. The SMILES string of the molecule is CC(=O)N1N=C(CC#N)O[C@]1(C)CC(=O)Nc1ccccc1. The fourth-order valence-corrected chi connectivity index (χ4v) is 2.21. The summed E-state index contributed by atoms with van der Waals surface area (Å²) in [6, 6.07) is 10.9. The molecular weight excluding hydrogens is 284 g/mol. The minimum atomic E-state index is -1.23. The fraction of sp³-hybridized carbons (Fsp3) is 0.333. The Kier molecular flexibility index (Phi) is 4.41. The number of rotatable bonds is 4. The smallest absolute Gasteiger partial charge is 0.243 e.